The Kier molecular flexibility index (Phi) is 5.62. The first-order valence-corrected chi connectivity index (χ1v) is 10.8. The van der Waals surface area contributed by atoms with Gasteiger partial charge in [-0.2, -0.15) is 0 Å². The van der Waals surface area contributed by atoms with Gasteiger partial charge in [0, 0.05) is 30.1 Å². The third-order valence-corrected chi connectivity index (χ3v) is 7.17. The molecule has 0 fully saturated rings. The molecule has 4 rings (SSSR count). The largest absolute Gasteiger partial charge is 0.354 e. The van der Waals surface area contributed by atoms with Crippen LogP contribution in [0.2, 0.25) is 0 Å². The van der Waals surface area contributed by atoms with Crippen LogP contribution < -0.4 is 10.6 Å². The van der Waals surface area contributed by atoms with Gasteiger partial charge in [0.25, 0.3) is 5.91 Å². The van der Waals surface area contributed by atoms with E-state index in [4.69, 9.17) is 0 Å². The van der Waals surface area contributed by atoms with Crippen LogP contribution >= 0.6 is 23.1 Å². The summed E-state index contributed by atoms with van der Waals surface area (Å²) in [5, 5.41) is 7.86. The molecule has 1 aliphatic heterocycles. The monoisotopic (exact) mass is 394 g/mol. The molecule has 1 amide bonds. The lowest BCUT2D eigenvalue weighted by molar-refractivity contribution is 0.0967. The summed E-state index contributed by atoms with van der Waals surface area (Å²) in [7, 11) is 1.67. The molecule has 3 nitrogen and oxygen atoms in total. The summed E-state index contributed by atoms with van der Waals surface area (Å²) in [6, 6.07) is 19.1. The number of nitrogens with one attached hydrogen (secondary N) is 2. The van der Waals surface area contributed by atoms with E-state index in [0.29, 0.717) is 5.25 Å². The topological polar surface area (TPSA) is 41.1 Å². The second-order valence-corrected chi connectivity index (χ2v) is 9.00. The van der Waals surface area contributed by atoms with Crippen molar-refractivity contribution < 1.29 is 4.79 Å². The first kappa shape index (κ1) is 18.3. The van der Waals surface area contributed by atoms with Crippen molar-refractivity contribution in [3.8, 4) is 0 Å². The minimum absolute atomic E-state index is 0.0126. The molecule has 0 aliphatic carbocycles. The molecule has 1 aliphatic rings. The Morgan fingerprint density at radius 3 is 2.78 bits per heavy atom. The highest BCUT2D eigenvalue weighted by Gasteiger charge is 2.20. The number of rotatable bonds is 6. The van der Waals surface area contributed by atoms with Crippen LogP contribution in [0.4, 0.5) is 0 Å². The van der Waals surface area contributed by atoms with Gasteiger partial charge in [0.15, 0.2) is 0 Å². The number of carbonyl (C=O) groups excluding carboxylic acids is 1. The number of carbonyl (C=O) groups is 1. The number of allylic oxidation sites excluding steroid dienone is 1. The summed E-state index contributed by atoms with van der Waals surface area (Å²) in [5.74, 6) is -0.0126. The summed E-state index contributed by atoms with van der Waals surface area (Å²) >= 11 is 3.50. The Hall–Kier alpha value is -2.08. The molecule has 3 aromatic rings. The van der Waals surface area contributed by atoms with Crippen molar-refractivity contribution in [1.82, 2.24) is 10.6 Å². The summed E-state index contributed by atoms with van der Waals surface area (Å²) in [5.41, 5.74) is 2.65. The quantitative estimate of drug-likeness (QED) is 0.610. The van der Waals surface area contributed by atoms with Gasteiger partial charge in [0.1, 0.15) is 0 Å². The molecular formula is C22H22N2OS2. The van der Waals surface area contributed by atoms with Crippen molar-refractivity contribution in [2.24, 2.45) is 0 Å². The molecule has 1 unspecified atom stereocenters. The molecule has 5 heteroatoms. The maximum absolute atomic E-state index is 11.9. The molecule has 0 saturated heterocycles. The van der Waals surface area contributed by atoms with Gasteiger partial charge in [-0.3, -0.25) is 4.79 Å². The molecule has 2 aromatic carbocycles. The normalized spacial score (nSPS) is 16.5. The SMILES string of the molecule is CNC(=O)c1cc2cc(C3CC=C(CNCc4ccccc4)S3)ccc2s1. The van der Waals surface area contributed by atoms with E-state index in [0.717, 1.165) is 34.5 Å². The highest BCUT2D eigenvalue weighted by Crippen LogP contribution is 2.44. The summed E-state index contributed by atoms with van der Waals surface area (Å²) in [6.45, 7) is 1.81. The van der Waals surface area contributed by atoms with Crippen LogP contribution in [0.3, 0.4) is 0 Å². The first-order valence-electron chi connectivity index (χ1n) is 9.09. The lowest BCUT2D eigenvalue weighted by atomic mass is 10.1. The van der Waals surface area contributed by atoms with Gasteiger partial charge < -0.3 is 10.6 Å². The van der Waals surface area contributed by atoms with Crippen molar-refractivity contribution in [3.63, 3.8) is 0 Å². The molecule has 138 valence electrons. The van der Waals surface area contributed by atoms with E-state index in [2.05, 4.69) is 59.2 Å². The number of hydrogen-bond donors (Lipinski definition) is 2. The third kappa shape index (κ3) is 4.26. The lowest BCUT2D eigenvalue weighted by Gasteiger charge is -2.11. The Labute approximate surface area is 167 Å². The van der Waals surface area contributed by atoms with Crippen molar-refractivity contribution in [2.75, 3.05) is 13.6 Å². The van der Waals surface area contributed by atoms with Gasteiger partial charge in [-0.1, -0.05) is 42.5 Å². The van der Waals surface area contributed by atoms with Crippen LogP contribution in [0.1, 0.15) is 32.5 Å². The van der Waals surface area contributed by atoms with Gasteiger partial charge in [-0.25, -0.2) is 0 Å². The zero-order chi connectivity index (χ0) is 18.6. The highest BCUT2D eigenvalue weighted by molar-refractivity contribution is 8.03. The molecule has 0 saturated carbocycles. The first-order chi connectivity index (χ1) is 13.2. The number of hydrogen-bond acceptors (Lipinski definition) is 4. The van der Waals surface area contributed by atoms with Gasteiger partial charge in [-0.15, -0.1) is 23.1 Å². The fraction of sp³-hybridized carbons (Fsp3) is 0.227. The minimum atomic E-state index is -0.0126. The second kappa shape index (κ2) is 8.30. The predicted octanol–water partition coefficient (Wildman–Crippen LogP) is 5.11. The van der Waals surface area contributed by atoms with Crippen molar-refractivity contribution in [1.29, 1.82) is 0 Å². The average molecular weight is 395 g/mol. The van der Waals surface area contributed by atoms with Crippen LogP contribution in [0.15, 0.2) is 65.6 Å². The fourth-order valence-electron chi connectivity index (χ4n) is 3.26. The minimum Gasteiger partial charge on any atom is -0.354 e. The average Bonchev–Trinajstić information content (AvgIpc) is 3.34. The van der Waals surface area contributed by atoms with Gasteiger partial charge in [-0.05, 0) is 46.0 Å². The Morgan fingerprint density at radius 2 is 1.96 bits per heavy atom. The summed E-state index contributed by atoms with van der Waals surface area (Å²) < 4.78 is 1.16. The Bertz CT molecular complexity index is 978. The van der Waals surface area contributed by atoms with Crippen LogP contribution in [0.5, 0.6) is 0 Å². The molecule has 1 aromatic heterocycles. The van der Waals surface area contributed by atoms with Crippen LogP contribution in [0.25, 0.3) is 10.1 Å². The summed E-state index contributed by atoms with van der Waals surface area (Å²) in [4.78, 5) is 14.0. The maximum Gasteiger partial charge on any atom is 0.261 e. The number of thioether (sulfide) groups is 1. The highest BCUT2D eigenvalue weighted by atomic mass is 32.2. The van der Waals surface area contributed by atoms with E-state index in [1.807, 2.05) is 23.9 Å². The van der Waals surface area contributed by atoms with E-state index in [-0.39, 0.29) is 5.91 Å². The number of amides is 1. The maximum atomic E-state index is 11.9. The molecule has 27 heavy (non-hydrogen) atoms. The van der Waals surface area contributed by atoms with Crippen molar-refractivity contribution in [2.45, 2.75) is 18.2 Å². The van der Waals surface area contributed by atoms with Crippen LogP contribution in [-0.2, 0) is 6.54 Å². The molecule has 0 spiro atoms. The van der Waals surface area contributed by atoms with Gasteiger partial charge in [0.05, 0.1) is 4.88 Å². The van der Waals surface area contributed by atoms with E-state index in [9.17, 15) is 4.79 Å². The van der Waals surface area contributed by atoms with Gasteiger partial charge in [0.2, 0.25) is 0 Å². The van der Waals surface area contributed by atoms with E-state index in [1.165, 1.54) is 16.0 Å². The zero-order valence-electron chi connectivity index (χ0n) is 15.2. The molecule has 2 heterocycles. The standard InChI is InChI=1S/C22H22N2OS2/c1-23-22(25)21-12-17-11-16(7-9-20(17)27-21)19-10-8-18(26-19)14-24-13-15-5-3-2-4-6-15/h2-9,11-12,19,24H,10,13-14H2,1H3,(H,23,25). The van der Waals surface area contributed by atoms with Crippen molar-refractivity contribution >= 4 is 39.1 Å². The Morgan fingerprint density at radius 1 is 1.11 bits per heavy atom. The number of fused-ring (bicyclic) bond motifs is 1. The zero-order valence-corrected chi connectivity index (χ0v) is 16.8. The third-order valence-electron chi connectivity index (χ3n) is 4.69. The van der Waals surface area contributed by atoms with Crippen LogP contribution in [-0.4, -0.2) is 19.5 Å². The van der Waals surface area contributed by atoms with Crippen LogP contribution in [0, 0.1) is 0 Å². The van der Waals surface area contributed by atoms with E-state index >= 15 is 0 Å². The fourth-order valence-corrected chi connectivity index (χ4v) is 5.47. The molecule has 0 radical (unpaired) electrons. The molecule has 0 bridgehead atoms. The molecular weight excluding hydrogens is 372 g/mol. The smallest absolute Gasteiger partial charge is 0.261 e. The second-order valence-electron chi connectivity index (χ2n) is 6.59. The molecule has 2 N–H and O–H groups in total. The predicted molar refractivity (Wildman–Crippen MR) is 116 cm³/mol. The van der Waals surface area contributed by atoms with Crippen molar-refractivity contribution in [3.05, 3.63) is 81.6 Å². The van der Waals surface area contributed by atoms with E-state index in [1.54, 1.807) is 18.4 Å². The Balaban J connectivity index is 1.36. The van der Waals surface area contributed by atoms with E-state index < -0.39 is 0 Å². The lowest BCUT2D eigenvalue weighted by Crippen LogP contribution is -2.15. The summed E-state index contributed by atoms with van der Waals surface area (Å²) in [6.07, 6.45) is 3.41. The number of thiophene rings is 1. The van der Waals surface area contributed by atoms with Gasteiger partial charge >= 0.3 is 0 Å². The molecule has 1 atom stereocenters. The number of benzene rings is 2.